The molecule has 4 amide bonds. The Balaban J connectivity index is 1.26. The van der Waals surface area contributed by atoms with Crippen LogP contribution in [0.1, 0.15) is 39.9 Å². The molecule has 0 radical (unpaired) electrons. The fourth-order valence-electron chi connectivity index (χ4n) is 4.26. The van der Waals surface area contributed by atoms with E-state index >= 15 is 0 Å². The topological polar surface area (TPSA) is 73.0 Å². The van der Waals surface area contributed by atoms with Gasteiger partial charge in [0, 0.05) is 31.6 Å². The molecule has 0 aliphatic carbocycles. The Morgan fingerprint density at radius 2 is 1.93 bits per heavy atom. The molecule has 1 saturated heterocycles. The normalized spacial score (nSPS) is 19.7. The molecule has 7 nitrogen and oxygen atoms in total. The summed E-state index contributed by atoms with van der Waals surface area (Å²) in [6.45, 7) is 3.32. The minimum Gasteiger partial charge on any atom is -0.295 e. The summed E-state index contributed by atoms with van der Waals surface area (Å²) in [4.78, 5) is 38.7. The zero-order valence-electron chi connectivity index (χ0n) is 16.5. The van der Waals surface area contributed by atoms with Crippen LogP contribution in [0.2, 0.25) is 0 Å². The molecule has 1 aromatic heterocycles. The number of hydrazine groups is 1. The van der Waals surface area contributed by atoms with Crippen LogP contribution in [0.4, 0.5) is 4.79 Å². The first-order valence-corrected chi connectivity index (χ1v) is 11.0. The molecule has 0 bridgehead atoms. The van der Waals surface area contributed by atoms with Gasteiger partial charge in [-0.3, -0.25) is 19.8 Å². The van der Waals surface area contributed by atoms with E-state index in [9.17, 15) is 14.4 Å². The van der Waals surface area contributed by atoms with Crippen LogP contribution in [-0.2, 0) is 17.9 Å². The maximum Gasteiger partial charge on any atom is 0.342 e. The van der Waals surface area contributed by atoms with Crippen LogP contribution >= 0.6 is 11.3 Å². The fourth-order valence-corrected chi connectivity index (χ4v) is 4.94. The zero-order chi connectivity index (χ0) is 20.7. The first-order chi connectivity index (χ1) is 14.6. The SMILES string of the molecule is O=C1CCN(N2Cc3cc(CN4CC=C(c5ccsc5)CC4)ccc3C2=O)C(=O)N1. The summed E-state index contributed by atoms with van der Waals surface area (Å²) in [6, 6.07) is 7.57. The predicted molar refractivity (Wildman–Crippen MR) is 113 cm³/mol. The van der Waals surface area contributed by atoms with Crippen LogP contribution < -0.4 is 5.32 Å². The number of hydrogen-bond acceptors (Lipinski definition) is 5. The minimum absolute atomic E-state index is 0.192. The van der Waals surface area contributed by atoms with Crippen molar-refractivity contribution < 1.29 is 14.4 Å². The highest BCUT2D eigenvalue weighted by Crippen LogP contribution is 2.28. The Bertz CT molecular complexity index is 1050. The molecule has 154 valence electrons. The lowest BCUT2D eigenvalue weighted by Gasteiger charge is -2.33. The first-order valence-electron chi connectivity index (χ1n) is 10.1. The number of fused-ring (bicyclic) bond motifs is 1. The van der Waals surface area contributed by atoms with Gasteiger partial charge in [-0.1, -0.05) is 18.2 Å². The van der Waals surface area contributed by atoms with E-state index in [4.69, 9.17) is 0 Å². The molecule has 0 saturated carbocycles. The Morgan fingerprint density at radius 3 is 2.67 bits per heavy atom. The van der Waals surface area contributed by atoms with Crippen molar-refractivity contribution in [3.8, 4) is 0 Å². The monoisotopic (exact) mass is 422 g/mol. The van der Waals surface area contributed by atoms with Crippen molar-refractivity contribution in [3.05, 3.63) is 63.4 Å². The Labute approximate surface area is 178 Å². The number of thiophene rings is 1. The molecular weight excluding hydrogens is 400 g/mol. The lowest BCUT2D eigenvalue weighted by atomic mass is 10.0. The van der Waals surface area contributed by atoms with Gasteiger partial charge in [-0.05, 0) is 51.6 Å². The molecule has 1 N–H and O–H groups in total. The van der Waals surface area contributed by atoms with Gasteiger partial charge in [0.15, 0.2) is 0 Å². The quantitative estimate of drug-likeness (QED) is 0.822. The van der Waals surface area contributed by atoms with Crippen LogP contribution in [0, 0.1) is 0 Å². The molecule has 1 fully saturated rings. The molecule has 1 aromatic carbocycles. The number of rotatable bonds is 4. The van der Waals surface area contributed by atoms with E-state index in [2.05, 4.69) is 39.2 Å². The number of carbonyl (C=O) groups excluding carboxylic acids is 3. The number of urea groups is 1. The van der Waals surface area contributed by atoms with Crippen LogP contribution in [0.5, 0.6) is 0 Å². The van der Waals surface area contributed by atoms with Gasteiger partial charge in [-0.25, -0.2) is 14.8 Å². The van der Waals surface area contributed by atoms with Gasteiger partial charge in [0.2, 0.25) is 5.91 Å². The van der Waals surface area contributed by atoms with E-state index in [-0.39, 0.29) is 24.8 Å². The average Bonchev–Trinajstić information content (AvgIpc) is 3.37. The van der Waals surface area contributed by atoms with E-state index < -0.39 is 6.03 Å². The Hall–Kier alpha value is -2.97. The van der Waals surface area contributed by atoms with Crippen molar-refractivity contribution in [2.75, 3.05) is 19.6 Å². The van der Waals surface area contributed by atoms with Gasteiger partial charge in [0.05, 0.1) is 13.1 Å². The highest BCUT2D eigenvalue weighted by molar-refractivity contribution is 7.08. The van der Waals surface area contributed by atoms with Crippen LogP contribution in [0.25, 0.3) is 5.57 Å². The van der Waals surface area contributed by atoms with E-state index in [0.29, 0.717) is 12.1 Å². The van der Waals surface area contributed by atoms with Crippen molar-refractivity contribution in [2.45, 2.75) is 25.9 Å². The molecule has 0 spiro atoms. The Morgan fingerprint density at radius 1 is 1.03 bits per heavy atom. The van der Waals surface area contributed by atoms with Gasteiger partial charge in [-0.15, -0.1) is 0 Å². The van der Waals surface area contributed by atoms with E-state index in [0.717, 1.165) is 37.2 Å². The summed E-state index contributed by atoms with van der Waals surface area (Å²) in [5.74, 6) is -0.497. The van der Waals surface area contributed by atoms with Crippen molar-refractivity contribution in [3.63, 3.8) is 0 Å². The number of benzene rings is 1. The summed E-state index contributed by atoms with van der Waals surface area (Å²) >= 11 is 1.73. The van der Waals surface area contributed by atoms with Crippen LogP contribution in [0.15, 0.2) is 41.1 Å². The third kappa shape index (κ3) is 3.53. The summed E-state index contributed by atoms with van der Waals surface area (Å²) < 4.78 is 0. The van der Waals surface area contributed by atoms with Crippen LogP contribution in [0.3, 0.4) is 0 Å². The summed E-state index contributed by atoms with van der Waals surface area (Å²) in [7, 11) is 0. The highest BCUT2D eigenvalue weighted by atomic mass is 32.1. The largest absolute Gasteiger partial charge is 0.342 e. The maximum atomic E-state index is 12.8. The lowest BCUT2D eigenvalue weighted by molar-refractivity contribution is -0.123. The molecule has 3 aliphatic rings. The number of nitrogens with zero attached hydrogens (tertiary/aromatic N) is 3. The van der Waals surface area contributed by atoms with Gasteiger partial charge in [0.25, 0.3) is 5.91 Å². The van der Waals surface area contributed by atoms with Crippen molar-refractivity contribution in [1.29, 1.82) is 0 Å². The second-order valence-electron chi connectivity index (χ2n) is 7.81. The molecule has 0 unspecified atom stereocenters. The van der Waals surface area contributed by atoms with E-state index in [1.54, 1.807) is 11.3 Å². The molecule has 4 heterocycles. The molecule has 0 atom stereocenters. The van der Waals surface area contributed by atoms with Crippen molar-refractivity contribution >= 4 is 34.8 Å². The number of nitrogens with one attached hydrogen (secondary N) is 1. The van der Waals surface area contributed by atoms with Crippen LogP contribution in [-0.4, -0.2) is 52.4 Å². The van der Waals surface area contributed by atoms with Gasteiger partial charge < -0.3 is 0 Å². The van der Waals surface area contributed by atoms with E-state index in [1.807, 2.05) is 12.1 Å². The maximum absolute atomic E-state index is 12.8. The number of hydrogen-bond donors (Lipinski definition) is 1. The molecular formula is C22H22N4O3S. The average molecular weight is 423 g/mol. The van der Waals surface area contributed by atoms with Gasteiger partial charge in [0.1, 0.15) is 0 Å². The van der Waals surface area contributed by atoms with Crippen molar-refractivity contribution in [1.82, 2.24) is 20.2 Å². The predicted octanol–water partition coefficient (Wildman–Crippen LogP) is 2.85. The third-order valence-corrected chi connectivity index (χ3v) is 6.55. The van der Waals surface area contributed by atoms with Gasteiger partial charge in [-0.2, -0.15) is 11.3 Å². The molecule has 2 aromatic rings. The second-order valence-corrected chi connectivity index (χ2v) is 8.59. The highest BCUT2D eigenvalue weighted by Gasteiger charge is 2.36. The lowest BCUT2D eigenvalue weighted by Crippen LogP contribution is -2.56. The van der Waals surface area contributed by atoms with Crippen molar-refractivity contribution in [2.24, 2.45) is 0 Å². The summed E-state index contributed by atoms with van der Waals surface area (Å²) in [5.41, 5.74) is 5.46. The zero-order valence-corrected chi connectivity index (χ0v) is 17.3. The standard InChI is InChI=1S/C22H22N4O3S/c27-20-5-9-25(22(29)23-20)26-13-18-11-15(1-2-19(18)21(26)28)12-24-7-3-16(4-8-24)17-6-10-30-14-17/h1-3,6,10-11,14H,4-5,7-9,12-13H2,(H,23,27,29). The molecule has 3 aliphatic heterocycles. The molecule has 5 rings (SSSR count). The third-order valence-electron chi connectivity index (χ3n) is 5.87. The second kappa shape index (κ2) is 7.70. The smallest absolute Gasteiger partial charge is 0.295 e. The minimum atomic E-state index is -0.533. The molecule has 8 heteroatoms. The Kier molecular flexibility index (Phi) is 4.88. The summed E-state index contributed by atoms with van der Waals surface area (Å²) in [5, 5.41) is 9.36. The van der Waals surface area contributed by atoms with Gasteiger partial charge >= 0.3 is 6.03 Å². The number of amides is 4. The number of imide groups is 1. The van der Waals surface area contributed by atoms with E-state index in [1.165, 1.54) is 21.2 Å². The fraction of sp³-hybridized carbons (Fsp3) is 0.318. The number of carbonyl (C=O) groups is 3. The first kappa shape index (κ1) is 19.0. The molecule has 30 heavy (non-hydrogen) atoms. The summed E-state index contributed by atoms with van der Waals surface area (Å²) in [6.07, 6.45) is 3.55.